The molecule has 2 amide bonds. The van der Waals surface area contributed by atoms with Gasteiger partial charge in [0.1, 0.15) is 5.56 Å². The molecule has 1 N–H and O–H groups in total. The fraction of sp³-hybridized carbons (Fsp3) is 0.182. The normalized spacial score (nSPS) is 13.6. The second-order valence-electron chi connectivity index (χ2n) is 3.86. The number of nitro groups is 1. The minimum absolute atomic E-state index is 0.0652. The van der Waals surface area contributed by atoms with Crippen molar-refractivity contribution in [2.24, 2.45) is 0 Å². The Labute approximate surface area is 106 Å². The Kier molecular flexibility index (Phi) is 2.99. The summed E-state index contributed by atoms with van der Waals surface area (Å²) in [5.74, 6) is -2.69. The summed E-state index contributed by atoms with van der Waals surface area (Å²) >= 11 is 0. The van der Waals surface area contributed by atoms with E-state index in [-0.39, 0.29) is 17.7 Å². The Balaban J connectivity index is 2.41. The molecule has 0 saturated heterocycles. The van der Waals surface area contributed by atoms with E-state index in [2.05, 4.69) is 0 Å². The van der Waals surface area contributed by atoms with Gasteiger partial charge in [-0.3, -0.25) is 29.4 Å². The lowest BCUT2D eigenvalue weighted by Crippen LogP contribution is -2.31. The quantitative estimate of drug-likeness (QED) is 0.485. The molecule has 0 aromatic heterocycles. The van der Waals surface area contributed by atoms with Crippen LogP contribution in [-0.4, -0.2) is 39.3 Å². The number of carboxylic acid groups (broad SMARTS) is 1. The molecule has 1 aromatic carbocycles. The lowest BCUT2D eigenvalue weighted by Gasteiger charge is -2.11. The number of aliphatic carboxylic acids is 1. The molecule has 0 bridgehead atoms. The van der Waals surface area contributed by atoms with Gasteiger partial charge in [0.25, 0.3) is 17.5 Å². The molecular formula is C11H8N2O6. The van der Waals surface area contributed by atoms with Crippen molar-refractivity contribution in [1.82, 2.24) is 4.90 Å². The minimum Gasteiger partial charge on any atom is -0.481 e. The van der Waals surface area contributed by atoms with E-state index in [0.717, 1.165) is 6.07 Å². The Hall–Kier alpha value is -2.77. The van der Waals surface area contributed by atoms with Crippen LogP contribution in [0, 0.1) is 10.1 Å². The van der Waals surface area contributed by atoms with Gasteiger partial charge in [-0.1, -0.05) is 6.07 Å². The van der Waals surface area contributed by atoms with Gasteiger partial charge in [0.15, 0.2) is 0 Å². The molecular weight excluding hydrogens is 256 g/mol. The maximum absolute atomic E-state index is 12.0. The number of nitro benzene ring substituents is 1. The Morgan fingerprint density at radius 1 is 1.32 bits per heavy atom. The molecule has 8 nitrogen and oxygen atoms in total. The minimum atomic E-state index is -1.16. The largest absolute Gasteiger partial charge is 0.481 e. The molecule has 2 rings (SSSR count). The first-order valence-corrected chi connectivity index (χ1v) is 5.29. The fourth-order valence-corrected chi connectivity index (χ4v) is 1.88. The number of fused-ring (bicyclic) bond motifs is 1. The van der Waals surface area contributed by atoms with Crippen LogP contribution in [-0.2, 0) is 4.79 Å². The van der Waals surface area contributed by atoms with Crippen molar-refractivity contribution in [3.8, 4) is 0 Å². The van der Waals surface area contributed by atoms with E-state index in [1.54, 1.807) is 0 Å². The van der Waals surface area contributed by atoms with Gasteiger partial charge in [0, 0.05) is 12.6 Å². The van der Waals surface area contributed by atoms with E-state index in [4.69, 9.17) is 5.11 Å². The molecule has 1 heterocycles. The zero-order chi connectivity index (χ0) is 14.2. The molecule has 0 aliphatic carbocycles. The molecule has 1 aliphatic rings. The van der Waals surface area contributed by atoms with Crippen molar-refractivity contribution in [2.75, 3.05) is 6.54 Å². The predicted octanol–water partition coefficient (Wildman–Crippen LogP) is 0.665. The number of carboxylic acids is 1. The Morgan fingerprint density at radius 2 is 2.00 bits per heavy atom. The van der Waals surface area contributed by atoms with Crippen molar-refractivity contribution >= 4 is 23.5 Å². The highest BCUT2D eigenvalue weighted by Crippen LogP contribution is 2.30. The van der Waals surface area contributed by atoms with Gasteiger partial charge in [-0.05, 0) is 6.07 Å². The van der Waals surface area contributed by atoms with Gasteiger partial charge >= 0.3 is 5.97 Å². The van der Waals surface area contributed by atoms with Crippen LogP contribution in [0.15, 0.2) is 18.2 Å². The number of nitrogens with zero attached hydrogens (tertiary/aromatic N) is 2. The highest BCUT2D eigenvalue weighted by atomic mass is 16.6. The van der Waals surface area contributed by atoms with E-state index in [1.165, 1.54) is 12.1 Å². The van der Waals surface area contributed by atoms with E-state index in [0.29, 0.717) is 4.90 Å². The maximum Gasteiger partial charge on any atom is 0.305 e. The second kappa shape index (κ2) is 4.48. The van der Waals surface area contributed by atoms with Gasteiger partial charge < -0.3 is 5.11 Å². The van der Waals surface area contributed by atoms with Gasteiger partial charge in [-0.25, -0.2) is 0 Å². The molecule has 0 radical (unpaired) electrons. The summed E-state index contributed by atoms with van der Waals surface area (Å²) in [7, 11) is 0. The number of benzene rings is 1. The average molecular weight is 264 g/mol. The first-order valence-electron chi connectivity index (χ1n) is 5.29. The average Bonchev–Trinajstić information content (AvgIpc) is 2.59. The van der Waals surface area contributed by atoms with E-state index >= 15 is 0 Å². The summed E-state index contributed by atoms with van der Waals surface area (Å²) in [4.78, 5) is 45.1. The standard InChI is InChI=1S/C11H8N2O6/c14-8(15)4-5-12-10(16)6-2-1-3-7(13(18)19)9(6)11(12)17/h1-3H,4-5H2,(H,14,15). The van der Waals surface area contributed by atoms with Crippen LogP contribution in [0.2, 0.25) is 0 Å². The summed E-state index contributed by atoms with van der Waals surface area (Å²) in [6.45, 7) is -0.307. The van der Waals surface area contributed by atoms with Crippen LogP contribution in [0.4, 0.5) is 5.69 Å². The third-order valence-corrected chi connectivity index (χ3v) is 2.72. The van der Waals surface area contributed by atoms with Crippen molar-refractivity contribution < 1.29 is 24.4 Å². The number of hydrogen-bond acceptors (Lipinski definition) is 5. The topological polar surface area (TPSA) is 118 Å². The highest BCUT2D eigenvalue weighted by molar-refractivity contribution is 6.23. The van der Waals surface area contributed by atoms with Crippen molar-refractivity contribution in [3.63, 3.8) is 0 Å². The SMILES string of the molecule is O=C(O)CCN1C(=O)c2cccc([N+](=O)[O-])c2C1=O. The van der Waals surface area contributed by atoms with Gasteiger partial charge in [-0.15, -0.1) is 0 Å². The zero-order valence-corrected chi connectivity index (χ0v) is 9.53. The van der Waals surface area contributed by atoms with Crippen LogP contribution in [0.25, 0.3) is 0 Å². The molecule has 0 fully saturated rings. The van der Waals surface area contributed by atoms with Crippen LogP contribution >= 0.6 is 0 Å². The summed E-state index contributed by atoms with van der Waals surface area (Å²) in [6.07, 6.45) is -0.404. The number of carbonyl (C=O) groups excluding carboxylic acids is 2. The van der Waals surface area contributed by atoms with Gasteiger partial charge in [0.05, 0.1) is 16.9 Å². The van der Waals surface area contributed by atoms with Crippen LogP contribution in [0.5, 0.6) is 0 Å². The summed E-state index contributed by atoms with van der Waals surface area (Å²) < 4.78 is 0. The summed E-state index contributed by atoms with van der Waals surface area (Å²) in [5, 5.41) is 19.4. The first-order chi connectivity index (χ1) is 8.93. The Bertz CT molecular complexity index is 609. The van der Waals surface area contributed by atoms with E-state index < -0.39 is 34.8 Å². The van der Waals surface area contributed by atoms with Crippen molar-refractivity contribution in [2.45, 2.75) is 6.42 Å². The van der Waals surface area contributed by atoms with Gasteiger partial charge in [-0.2, -0.15) is 0 Å². The van der Waals surface area contributed by atoms with Crippen molar-refractivity contribution in [1.29, 1.82) is 0 Å². The fourth-order valence-electron chi connectivity index (χ4n) is 1.88. The Morgan fingerprint density at radius 3 is 2.58 bits per heavy atom. The van der Waals surface area contributed by atoms with E-state index in [1.807, 2.05) is 0 Å². The number of amides is 2. The third-order valence-electron chi connectivity index (χ3n) is 2.72. The zero-order valence-electron chi connectivity index (χ0n) is 9.53. The molecule has 8 heteroatoms. The van der Waals surface area contributed by atoms with Gasteiger partial charge in [0.2, 0.25) is 0 Å². The lowest BCUT2D eigenvalue weighted by atomic mass is 10.1. The molecule has 19 heavy (non-hydrogen) atoms. The molecule has 0 atom stereocenters. The molecule has 1 aromatic rings. The van der Waals surface area contributed by atoms with Crippen LogP contribution < -0.4 is 0 Å². The monoisotopic (exact) mass is 264 g/mol. The third kappa shape index (κ3) is 2.03. The summed E-state index contributed by atoms with van der Waals surface area (Å²) in [5.41, 5.74) is -0.791. The predicted molar refractivity (Wildman–Crippen MR) is 60.7 cm³/mol. The van der Waals surface area contributed by atoms with E-state index in [9.17, 15) is 24.5 Å². The molecule has 0 saturated carbocycles. The summed E-state index contributed by atoms with van der Waals surface area (Å²) in [6, 6.07) is 3.75. The number of hydrogen-bond donors (Lipinski definition) is 1. The molecule has 98 valence electrons. The first kappa shape index (κ1) is 12.7. The maximum atomic E-state index is 12.0. The molecule has 1 aliphatic heterocycles. The lowest BCUT2D eigenvalue weighted by molar-refractivity contribution is -0.385. The number of carbonyl (C=O) groups is 3. The molecule has 0 unspecified atom stereocenters. The highest BCUT2D eigenvalue weighted by Gasteiger charge is 2.40. The second-order valence-corrected chi connectivity index (χ2v) is 3.86. The number of imide groups is 1. The van der Waals surface area contributed by atoms with Crippen LogP contribution in [0.1, 0.15) is 27.1 Å². The number of rotatable bonds is 4. The van der Waals surface area contributed by atoms with Crippen molar-refractivity contribution in [3.05, 3.63) is 39.4 Å². The molecule has 0 spiro atoms. The van der Waals surface area contributed by atoms with Crippen LogP contribution in [0.3, 0.4) is 0 Å². The smallest absolute Gasteiger partial charge is 0.305 e.